The Hall–Kier alpha value is -2.05. The fourth-order valence-corrected chi connectivity index (χ4v) is 5.90. The number of halogens is 3. The van der Waals surface area contributed by atoms with Crippen molar-refractivity contribution < 1.29 is 4.79 Å². The summed E-state index contributed by atoms with van der Waals surface area (Å²) in [7, 11) is 0. The number of aromatic nitrogens is 2. The van der Waals surface area contributed by atoms with Gasteiger partial charge in [-0.05, 0) is 74.4 Å². The van der Waals surface area contributed by atoms with E-state index in [1.807, 2.05) is 34.0 Å². The predicted octanol–water partition coefficient (Wildman–Crippen LogP) is 7.02. The first-order valence-corrected chi connectivity index (χ1v) is 13.5. The number of nitrogens with zero attached hydrogens (tertiary/aromatic N) is 3. The van der Waals surface area contributed by atoms with E-state index < -0.39 is 0 Å². The van der Waals surface area contributed by atoms with Crippen molar-refractivity contribution in [2.45, 2.75) is 57.3 Å². The molecule has 1 unspecified atom stereocenters. The number of hydrogen-bond donors (Lipinski definition) is 1. The van der Waals surface area contributed by atoms with Crippen LogP contribution in [0.4, 0.5) is 0 Å². The lowest BCUT2D eigenvalue weighted by molar-refractivity contribution is 0.0743. The maximum Gasteiger partial charge on any atom is 0.286 e. The van der Waals surface area contributed by atoms with Gasteiger partial charge in [-0.1, -0.05) is 59.8 Å². The molecule has 35 heavy (non-hydrogen) atoms. The lowest BCUT2D eigenvalue weighted by Gasteiger charge is -2.26. The summed E-state index contributed by atoms with van der Waals surface area (Å²) in [6, 6.07) is 13.4. The topological polar surface area (TPSA) is 50.2 Å². The Morgan fingerprint density at radius 1 is 0.943 bits per heavy atom. The molecule has 1 fully saturated rings. The molecule has 1 aromatic heterocycles. The molecule has 0 bridgehead atoms. The van der Waals surface area contributed by atoms with E-state index in [0.29, 0.717) is 15.7 Å². The van der Waals surface area contributed by atoms with Crippen molar-refractivity contribution in [3.8, 4) is 5.69 Å². The van der Waals surface area contributed by atoms with Crippen LogP contribution >= 0.6 is 34.8 Å². The Kier molecular flexibility index (Phi) is 7.68. The van der Waals surface area contributed by atoms with Gasteiger partial charge in [-0.25, -0.2) is 9.69 Å². The summed E-state index contributed by atoms with van der Waals surface area (Å²) < 4.78 is 1.89. The number of amides is 1. The van der Waals surface area contributed by atoms with Crippen molar-refractivity contribution in [1.82, 2.24) is 20.2 Å². The van der Waals surface area contributed by atoms with Crippen LogP contribution in [0.3, 0.4) is 0 Å². The molecule has 1 amide bonds. The third-order valence-electron chi connectivity index (χ3n) is 7.00. The fourth-order valence-electron chi connectivity index (χ4n) is 5.28. The molecule has 1 atom stereocenters. The SMILES string of the molecule is O=C(NN1CCCCC1)c1nn(-c2ccc(Cl)cc2Cl)c2c1CCCCC2Cc1ccc(Cl)cc1. The summed E-state index contributed by atoms with van der Waals surface area (Å²) in [6.45, 7) is 1.74. The number of hydrogen-bond acceptors (Lipinski definition) is 3. The molecule has 2 aliphatic rings. The first kappa shape index (κ1) is 24.6. The molecule has 0 radical (unpaired) electrons. The van der Waals surface area contributed by atoms with E-state index in [9.17, 15) is 4.79 Å². The van der Waals surface area contributed by atoms with Gasteiger partial charge in [0, 0.05) is 34.6 Å². The van der Waals surface area contributed by atoms with E-state index in [-0.39, 0.29) is 11.8 Å². The number of carbonyl (C=O) groups excluding carboxylic acids is 1. The van der Waals surface area contributed by atoms with Crippen LogP contribution in [0.2, 0.25) is 15.1 Å². The largest absolute Gasteiger partial charge is 0.286 e. The minimum absolute atomic E-state index is 0.140. The van der Waals surface area contributed by atoms with Crippen molar-refractivity contribution in [3.05, 3.63) is 80.0 Å². The third kappa shape index (κ3) is 5.54. The smallest absolute Gasteiger partial charge is 0.283 e. The van der Waals surface area contributed by atoms with E-state index in [2.05, 4.69) is 17.6 Å². The van der Waals surface area contributed by atoms with Gasteiger partial charge in [-0.3, -0.25) is 10.2 Å². The van der Waals surface area contributed by atoms with Crippen LogP contribution in [0, 0.1) is 0 Å². The van der Waals surface area contributed by atoms with Gasteiger partial charge in [0.05, 0.1) is 16.4 Å². The van der Waals surface area contributed by atoms with Crippen LogP contribution < -0.4 is 5.43 Å². The number of hydrazine groups is 1. The van der Waals surface area contributed by atoms with Crippen molar-refractivity contribution >= 4 is 40.7 Å². The van der Waals surface area contributed by atoms with Crippen LogP contribution in [0.5, 0.6) is 0 Å². The molecule has 1 N–H and O–H groups in total. The minimum atomic E-state index is -0.140. The molecule has 1 aliphatic carbocycles. The third-order valence-corrected chi connectivity index (χ3v) is 7.79. The normalized spacial score (nSPS) is 18.7. The van der Waals surface area contributed by atoms with Crippen LogP contribution in [0.15, 0.2) is 42.5 Å². The second-order valence-corrected chi connectivity index (χ2v) is 10.8. The molecule has 1 aliphatic heterocycles. The summed E-state index contributed by atoms with van der Waals surface area (Å²) in [5, 5.41) is 8.73. The highest BCUT2D eigenvalue weighted by molar-refractivity contribution is 6.35. The number of nitrogens with one attached hydrogen (secondary N) is 1. The molecule has 2 aromatic carbocycles. The Balaban J connectivity index is 1.58. The molecular formula is C27H29Cl3N4O. The van der Waals surface area contributed by atoms with E-state index >= 15 is 0 Å². The van der Waals surface area contributed by atoms with Crippen LogP contribution in [-0.4, -0.2) is 33.8 Å². The van der Waals surface area contributed by atoms with Crippen molar-refractivity contribution in [3.63, 3.8) is 0 Å². The zero-order valence-corrected chi connectivity index (χ0v) is 21.8. The van der Waals surface area contributed by atoms with Crippen LogP contribution in [-0.2, 0) is 12.8 Å². The molecule has 8 heteroatoms. The summed E-state index contributed by atoms with van der Waals surface area (Å²) >= 11 is 19.0. The number of fused-ring (bicyclic) bond motifs is 1. The van der Waals surface area contributed by atoms with E-state index in [1.165, 1.54) is 12.0 Å². The van der Waals surface area contributed by atoms with E-state index in [4.69, 9.17) is 39.9 Å². The van der Waals surface area contributed by atoms with Crippen molar-refractivity contribution in [1.29, 1.82) is 0 Å². The van der Waals surface area contributed by atoms with Crippen molar-refractivity contribution in [2.24, 2.45) is 0 Å². The predicted molar refractivity (Wildman–Crippen MR) is 142 cm³/mol. The molecule has 5 rings (SSSR count). The second kappa shape index (κ2) is 10.9. The van der Waals surface area contributed by atoms with Gasteiger partial charge in [-0.15, -0.1) is 0 Å². The molecule has 0 spiro atoms. The van der Waals surface area contributed by atoms with Gasteiger partial charge < -0.3 is 0 Å². The van der Waals surface area contributed by atoms with Gasteiger partial charge >= 0.3 is 0 Å². The molecule has 3 aromatic rings. The van der Waals surface area contributed by atoms with Gasteiger partial charge in [0.25, 0.3) is 5.91 Å². The highest BCUT2D eigenvalue weighted by Gasteiger charge is 2.31. The maximum atomic E-state index is 13.5. The molecular weight excluding hydrogens is 503 g/mol. The Labute approximate surface area is 221 Å². The lowest BCUT2D eigenvalue weighted by Crippen LogP contribution is -2.45. The van der Waals surface area contributed by atoms with Crippen LogP contribution in [0.1, 0.15) is 71.8 Å². The summed E-state index contributed by atoms with van der Waals surface area (Å²) in [5.74, 6) is 0.0589. The quantitative estimate of drug-likeness (QED) is 0.360. The molecule has 0 saturated carbocycles. The van der Waals surface area contributed by atoms with Gasteiger partial charge in [0.2, 0.25) is 0 Å². The molecule has 2 heterocycles. The van der Waals surface area contributed by atoms with Gasteiger partial charge in [0.1, 0.15) is 0 Å². The summed E-state index contributed by atoms with van der Waals surface area (Å²) in [6.07, 6.45) is 8.18. The first-order chi connectivity index (χ1) is 17.0. The number of rotatable bonds is 5. The first-order valence-electron chi connectivity index (χ1n) is 12.4. The molecule has 184 valence electrons. The van der Waals surface area contributed by atoms with Crippen molar-refractivity contribution in [2.75, 3.05) is 13.1 Å². The molecule has 1 saturated heterocycles. The van der Waals surface area contributed by atoms with Gasteiger partial charge in [0.15, 0.2) is 5.69 Å². The number of carbonyl (C=O) groups is 1. The second-order valence-electron chi connectivity index (χ2n) is 9.48. The Morgan fingerprint density at radius 3 is 2.43 bits per heavy atom. The zero-order valence-electron chi connectivity index (χ0n) is 19.6. The maximum absolute atomic E-state index is 13.5. The standard InChI is InChI=1S/C27H29Cl3N4O/c28-20-10-8-18(9-11-20)16-19-6-2-3-7-22-25(27(35)32-33-14-4-1-5-15-33)31-34(26(19)22)24-13-12-21(29)17-23(24)30/h8-13,17,19H,1-7,14-16H2,(H,32,35). The average molecular weight is 532 g/mol. The number of benzene rings is 2. The zero-order chi connectivity index (χ0) is 24.4. The molecule has 5 nitrogen and oxygen atoms in total. The highest BCUT2D eigenvalue weighted by Crippen LogP contribution is 2.38. The number of piperidine rings is 1. The Bertz CT molecular complexity index is 1200. The monoisotopic (exact) mass is 530 g/mol. The van der Waals surface area contributed by atoms with E-state index in [1.54, 1.807) is 6.07 Å². The average Bonchev–Trinajstić information content (AvgIpc) is 3.10. The van der Waals surface area contributed by atoms with E-state index in [0.717, 1.165) is 80.0 Å². The van der Waals surface area contributed by atoms with Crippen LogP contribution in [0.25, 0.3) is 5.69 Å². The highest BCUT2D eigenvalue weighted by atomic mass is 35.5. The lowest BCUT2D eigenvalue weighted by atomic mass is 9.91. The fraction of sp³-hybridized carbons (Fsp3) is 0.407. The van der Waals surface area contributed by atoms with Gasteiger partial charge in [-0.2, -0.15) is 5.10 Å². The summed E-state index contributed by atoms with van der Waals surface area (Å²) in [4.78, 5) is 13.5. The summed E-state index contributed by atoms with van der Waals surface area (Å²) in [5.41, 5.74) is 7.67. The minimum Gasteiger partial charge on any atom is -0.283 e. The Morgan fingerprint density at radius 2 is 1.69 bits per heavy atom.